The minimum Gasteiger partial charge on any atom is -0.478 e. The third-order valence-corrected chi connectivity index (χ3v) is 3.95. The quantitative estimate of drug-likeness (QED) is 0.531. The number of hydrogen-bond donors (Lipinski definition) is 3. The van der Waals surface area contributed by atoms with Gasteiger partial charge in [0, 0.05) is 6.54 Å². The number of nitrogens with one attached hydrogen (secondary N) is 3. The molecule has 0 aromatic heterocycles. The number of benzene rings is 2. The average molecular weight is 391 g/mol. The second kappa shape index (κ2) is 8.54. The van der Waals surface area contributed by atoms with Gasteiger partial charge in [-0.15, -0.1) is 0 Å². The molecular weight excluding hydrogens is 373 g/mol. The molecule has 0 fully saturated rings. The van der Waals surface area contributed by atoms with Gasteiger partial charge in [0.2, 0.25) is 6.79 Å². The molecule has 2 aromatic carbocycles. The topological polar surface area (TPSA) is 80.9 Å². The van der Waals surface area contributed by atoms with E-state index in [0.717, 1.165) is 5.56 Å². The molecule has 3 rings (SSSR count). The fourth-order valence-corrected chi connectivity index (χ4v) is 2.40. The van der Waals surface area contributed by atoms with Crippen molar-refractivity contribution < 1.29 is 23.4 Å². The van der Waals surface area contributed by atoms with Crippen LogP contribution in [0.2, 0.25) is 0 Å². The Balaban J connectivity index is 1.42. The highest BCUT2D eigenvalue weighted by molar-refractivity contribution is 7.80. The number of carbonyl (C=O) groups excluding carboxylic acids is 1. The molecule has 9 heteroatoms. The molecule has 1 atom stereocenters. The number of fused-ring (bicyclic) bond motifs is 1. The number of amides is 1. The van der Waals surface area contributed by atoms with Crippen molar-refractivity contribution in [3.63, 3.8) is 0 Å². The lowest BCUT2D eigenvalue weighted by Crippen LogP contribution is -2.50. The Morgan fingerprint density at radius 2 is 2.00 bits per heavy atom. The third-order valence-electron chi connectivity index (χ3n) is 3.70. The summed E-state index contributed by atoms with van der Waals surface area (Å²) in [7, 11) is 0. The van der Waals surface area contributed by atoms with Gasteiger partial charge in [0.1, 0.15) is 0 Å². The predicted molar refractivity (Wildman–Crippen MR) is 99.8 cm³/mol. The molecule has 1 aliphatic heterocycles. The van der Waals surface area contributed by atoms with E-state index >= 15 is 0 Å². The molecule has 0 unspecified atom stereocenters. The fraction of sp³-hybridized carbons (Fsp3) is 0.222. The molecule has 0 spiro atoms. The maximum absolute atomic E-state index is 13.6. The van der Waals surface area contributed by atoms with Crippen LogP contribution in [0.15, 0.2) is 42.5 Å². The smallest absolute Gasteiger partial charge is 0.279 e. The third kappa shape index (κ3) is 4.98. The molecular formula is C18H18FN3O4S. The maximum atomic E-state index is 13.6. The molecule has 1 heterocycles. The Kier molecular flexibility index (Phi) is 5.92. The van der Waals surface area contributed by atoms with Crippen LogP contribution >= 0.6 is 12.2 Å². The first kappa shape index (κ1) is 18.7. The lowest BCUT2D eigenvalue weighted by atomic mass is 10.2. The van der Waals surface area contributed by atoms with Gasteiger partial charge in [0.25, 0.3) is 5.91 Å². The van der Waals surface area contributed by atoms with Gasteiger partial charge in [0.05, 0.1) is 0 Å². The van der Waals surface area contributed by atoms with E-state index in [9.17, 15) is 9.18 Å². The van der Waals surface area contributed by atoms with Crippen LogP contribution in [0.3, 0.4) is 0 Å². The maximum Gasteiger partial charge on any atom is 0.279 e. The van der Waals surface area contributed by atoms with Gasteiger partial charge in [-0.05, 0) is 49.0 Å². The van der Waals surface area contributed by atoms with Crippen molar-refractivity contribution in [3.05, 3.63) is 53.8 Å². The lowest BCUT2D eigenvalue weighted by molar-refractivity contribution is -0.127. The number of rotatable bonds is 5. The van der Waals surface area contributed by atoms with E-state index in [4.69, 9.17) is 26.4 Å². The first-order valence-electron chi connectivity index (χ1n) is 8.16. The number of hydrogen-bond acceptors (Lipinski definition) is 5. The molecule has 2 aromatic rings. The van der Waals surface area contributed by atoms with E-state index < -0.39 is 17.8 Å². The van der Waals surface area contributed by atoms with Crippen LogP contribution in [0.5, 0.6) is 17.2 Å². The molecule has 3 N–H and O–H groups in total. The van der Waals surface area contributed by atoms with Crippen molar-refractivity contribution in [1.29, 1.82) is 0 Å². The molecule has 0 bridgehead atoms. The number of ether oxygens (including phenoxy) is 3. The zero-order chi connectivity index (χ0) is 19.2. The van der Waals surface area contributed by atoms with E-state index in [1.54, 1.807) is 12.1 Å². The molecule has 1 aliphatic rings. The molecule has 0 saturated carbocycles. The minimum atomic E-state index is -0.911. The van der Waals surface area contributed by atoms with Crippen LogP contribution in [0, 0.1) is 5.82 Å². The summed E-state index contributed by atoms with van der Waals surface area (Å²) in [6, 6.07) is 11.4. The van der Waals surface area contributed by atoms with Gasteiger partial charge < -0.3 is 19.5 Å². The summed E-state index contributed by atoms with van der Waals surface area (Å²) in [5.41, 5.74) is 5.93. The van der Waals surface area contributed by atoms with Crippen molar-refractivity contribution in [2.24, 2.45) is 0 Å². The van der Waals surface area contributed by atoms with Gasteiger partial charge in [-0.2, -0.15) is 0 Å². The van der Waals surface area contributed by atoms with Gasteiger partial charge >= 0.3 is 0 Å². The summed E-state index contributed by atoms with van der Waals surface area (Å²) in [6.07, 6.45) is -0.911. The first-order valence-corrected chi connectivity index (χ1v) is 8.57. The average Bonchev–Trinajstić information content (AvgIpc) is 3.14. The lowest BCUT2D eigenvalue weighted by Gasteiger charge is -2.16. The summed E-state index contributed by atoms with van der Waals surface area (Å²) < 4.78 is 29.4. The predicted octanol–water partition coefficient (Wildman–Crippen LogP) is 2.02. The summed E-state index contributed by atoms with van der Waals surface area (Å²) in [5, 5.41) is 3.17. The van der Waals surface area contributed by atoms with Crippen molar-refractivity contribution in [1.82, 2.24) is 16.2 Å². The van der Waals surface area contributed by atoms with E-state index in [2.05, 4.69) is 16.2 Å². The Bertz CT molecular complexity index is 849. The van der Waals surface area contributed by atoms with E-state index in [1.807, 2.05) is 18.2 Å². The van der Waals surface area contributed by atoms with Crippen LogP contribution in [-0.4, -0.2) is 23.9 Å². The summed E-state index contributed by atoms with van der Waals surface area (Å²) in [4.78, 5) is 12.0. The fourth-order valence-electron chi connectivity index (χ4n) is 2.28. The highest BCUT2D eigenvalue weighted by atomic mass is 32.1. The van der Waals surface area contributed by atoms with E-state index in [-0.39, 0.29) is 17.7 Å². The van der Waals surface area contributed by atoms with Gasteiger partial charge in [0.15, 0.2) is 34.3 Å². The molecule has 0 aliphatic carbocycles. The molecule has 0 saturated heterocycles. The molecule has 0 radical (unpaired) electrons. The van der Waals surface area contributed by atoms with Crippen LogP contribution in [0.1, 0.15) is 12.5 Å². The van der Waals surface area contributed by atoms with Crippen molar-refractivity contribution >= 4 is 23.2 Å². The van der Waals surface area contributed by atoms with Crippen LogP contribution in [0.25, 0.3) is 0 Å². The van der Waals surface area contributed by atoms with E-state index in [0.29, 0.717) is 18.0 Å². The number of halogens is 1. The normalized spacial score (nSPS) is 12.8. The molecule has 142 valence electrons. The Morgan fingerprint density at radius 1 is 1.22 bits per heavy atom. The highest BCUT2D eigenvalue weighted by Crippen LogP contribution is 2.32. The monoisotopic (exact) mass is 391 g/mol. The highest BCUT2D eigenvalue weighted by Gasteiger charge is 2.17. The molecule has 1 amide bonds. The number of hydrazine groups is 1. The Labute approximate surface area is 160 Å². The summed E-state index contributed by atoms with van der Waals surface area (Å²) in [6.45, 7) is 2.15. The zero-order valence-corrected chi connectivity index (χ0v) is 15.3. The van der Waals surface area contributed by atoms with Gasteiger partial charge in [-0.1, -0.05) is 18.2 Å². The van der Waals surface area contributed by atoms with Gasteiger partial charge in [-0.3, -0.25) is 15.6 Å². The Hall–Kier alpha value is -3.07. The minimum absolute atomic E-state index is 0.00339. The zero-order valence-electron chi connectivity index (χ0n) is 14.5. The number of thiocarbonyl (C=S) groups is 1. The second-order valence-electron chi connectivity index (χ2n) is 5.68. The summed E-state index contributed by atoms with van der Waals surface area (Å²) >= 11 is 5.11. The van der Waals surface area contributed by atoms with Gasteiger partial charge in [-0.25, -0.2) is 4.39 Å². The first-order chi connectivity index (χ1) is 13.0. The van der Waals surface area contributed by atoms with Crippen molar-refractivity contribution in [2.75, 3.05) is 6.79 Å². The molecule has 7 nitrogen and oxygen atoms in total. The number of para-hydroxylation sites is 1. The molecule has 27 heavy (non-hydrogen) atoms. The van der Waals surface area contributed by atoms with Crippen molar-refractivity contribution in [2.45, 2.75) is 19.6 Å². The van der Waals surface area contributed by atoms with Crippen LogP contribution < -0.4 is 30.4 Å². The van der Waals surface area contributed by atoms with Crippen LogP contribution in [0.4, 0.5) is 4.39 Å². The SMILES string of the molecule is C[C@@H](Oc1ccccc1F)C(=O)NNC(=S)NCc1ccc2c(c1)OCO2. The van der Waals surface area contributed by atoms with E-state index in [1.165, 1.54) is 19.1 Å². The second-order valence-corrected chi connectivity index (χ2v) is 6.08. The van der Waals surface area contributed by atoms with Crippen LogP contribution in [-0.2, 0) is 11.3 Å². The summed E-state index contributed by atoms with van der Waals surface area (Å²) in [5.74, 6) is 0.358. The standard InChI is InChI=1S/C18H18FN3O4S/c1-11(26-14-5-3-2-4-13(14)19)17(23)21-22-18(27)20-9-12-6-7-15-16(8-12)25-10-24-15/h2-8,11H,9-10H2,1H3,(H,21,23)(H2,20,22,27)/t11-/m1/s1. The number of carbonyl (C=O) groups is 1. The largest absolute Gasteiger partial charge is 0.478 e. The Morgan fingerprint density at radius 3 is 2.81 bits per heavy atom. The van der Waals surface area contributed by atoms with Crippen molar-refractivity contribution in [3.8, 4) is 17.2 Å².